The van der Waals surface area contributed by atoms with Crippen LogP contribution >= 0.6 is 23.4 Å². The van der Waals surface area contributed by atoms with Crippen molar-refractivity contribution >= 4 is 29.3 Å². The highest BCUT2D eigenvalue weighted by Gasteiger charge is 2.11. The molecule has 54 valence electrons. The summed E-state index contributed by atoms with van der Waals surface area (Å²) in [6, 6.07) is 0. The van der Waals surface area contributed by atoms with Crippen molar-refractivity contribution in [3.8, 4) is 0 Å². The largest absolute Gasteiger partial charge is 0.480 e. The molecule has 0 heterocycles. The molecule has 2 nitrogen and oxygen atoms in total. The van der Waals surface area contributed by atoms with Gasteiger partial charge in [-0.3, -0.25) is 4.79 Å². The first-order chi connectivity index (χ1) is 4.18. The molecule has 0 amide bonds. The van der Waals surface area contributed by atoms with Gasteiger partial charge in [0.1, 0.15) is 5.38 Å². The number of rotatable bonds is 4. The summed E-state index contributed by atoms with van der Waals surface area (Å²) in [5, 5.41) is 7.54. The number of hydrogen-bond donors (Lipinski definition) is 1. The monoisotopic (exact) mass is 168 g/mol. The zero-order valence-electron chi connectivity index (χ0n) is 5.13. The van der Waals surface area contributed by atoms with E-state index < -0.39 is 11.3 Å². The van der Waals surface area contributed by atoms with E-state index in [-0.39, 0.29) is 0 Å². The number of carboxylic acids is 1. The molecular formula is C5H9ClO2S. The molecule has 0 radical (unpaired) electrons. The number of halogens is 1. The fraction of sp³-hybridized carbons (Fsp3) is 0.800. The van der Waals surface area contributed by atoms with E-state index in [2.05, 4.69) is 0 Å². The fourth-order valence-electron chi connectivity index (χ4n) is 0.293. The highest BCUT2D eigenvalue weighted by molar-refractivity contribution is 7.99. The van der Waals surface area contributed by atoms with Gasteiger partial charge in [-0.05, 0) is 5.75 Å². The lowest BCUT2D eigenvalue weighted by Gasteiger charge is -1.99. The number of thioether (sulfide) groups is 1. The number of aliphatic carboxylic acids is 1. The minimum atomic E-state index is -0.933. The third-order valence-electron chi connectivity index (χ3n) is 0.736. The molecule has 0 spiro atoms. The van der Waals surface area contributed by atoms with Crippen LogP contribution in [0.1, 0.15) is 6.92 Å². The zero-order valence-corrected chi connectivity index (χ0v) is 6.71. The topological polar surface area (TPSA) is 37.3 Å². The summed E-state index contributed by atoms with van der Waals surface area (Å²) in [6.45, 7) is 1.97. The van der Waals surface area contributed by atoms with Gasteiger partial charge < -0.3 is 5.11 Å². The maximum absolute atomic E-state index is 10.1. The van der Waals surface area contributed by atoms with Crippen molar-refractivity contribution in [2.24, 2.45) is 0 Å². The summed E-state index contributed by atoms with van der Waals surface area (Å²) in [4.78, 5) is 10.1. The van der Waals surface area contributed by atoms with Gasteiger partial charge in [-0.1, -0.05) is 6.92 Å². The quantitative estimate of drug-likeness (QED) is 0.646. The van der Waals surface area contributed by atoms with Gasteiger partial charge in [-0.25, -0.2) is 0 Å². The van der Waals surface area contributed by atoms with E-state index in [0.717, 1.165) is 5.75 Å². The molecule has 0 aliphatic rings. The summed E-state index contributed by atoms with van der Waals surface area (Å²) >= 11 is 6.91. The molecule has 0 aromatic carbocycles. The first kappa shape index (κ1) is 9.11. The Bertz CT molecular complexity index is 97.0. The Balaban J connectivity index is 3.27. The van der Waals surface area contributed by atoms with Crippen molar-refractivity contribution in [1.29, 1.82) is 0 Å². The fourth-order valence-corrected chi connectivity index (χ4v) is 1.15. The van der Waals surface area contributed by atoms with Crippen LogP contribution < -0.4 is 0 Å². The number of alkyl halides is 1. The van der Waals surface area contributed by atoms with Gasteiger partial charge in [0.15, 0.2) is 0 Å². The van der Waals surface area contributed by atoms with Crippen LogP contribution in [-0.4, -0.2) is 28.0 Å². The molecule has 1 unspecified atom stereocenters. The highest BCUT2D eigenvalue weighted by Crippen LogP contribution is 2.06. The highest BCUT2D eigenvalue weighted by atomic mass is 35.5. The average Bonchev–Trinajstić information content (AvgIpc) is 1.82. The summed E-state index contributed by atoms with van der Waals surface area (Å²) in [5.74, 6) is 0.474. The Kier molecular flexibility index (Phi) is 5.00. The lowest BCUT2D eigenvalue weighted by Crippen LogP contribution is -2.15. The minimum absolute atomic E-state index is 0.493. The van der Waals surface area contributed by atoms with Gasteiger partial charge in [0.25, 0.3) is 0 Å². The second kappa shape index (κ2) is 4.94. The van der Waals surface area contributed by atoms with Crippen LogP contribution in [0.2, 0.25) is 0 Å². The zero-order chi connectivity index (χ0) is 7.28. The van der Waals surface area contributed by atoms with Crippen molar-refractivity contribution in [1.82, 2.24) is 0 Å². The maximum atomic E-state index is 10.1. The molecule has 4 heteroatoms. The van der Waals surface area contributed by atoms with E-state index >= 15 is 0 Å². The third-order valence-corrected chi connectivity index (χ3v) is 2.24. The molecule has 0 aliphatic heterocycles. The SMILES string of the molecule is CCSCC(Cl)C(=O)O. The predicted octanol–water partition coefficient (Wildman–Crippen LogP) is 1.43. The molecule has 1 N–H and O–H groups in total. The Morgan fingerprint density at radius 1 is 1.89 bits per heavy atom. The summed E-state index contributed by atoms with van der Waals surface area (Å²) in [6.07, 6.45) is 0. The van der Waals surface area contributed by atoms with Crippen LogP contribution in [0.3, 0.4) is 0 Å². The van der Waals surface area contributed by atoms with E-state index in [4.69, 9.17) is 16.7 Å². The van der Waals surface area contributed by atoms with Gasteiger partial charge >= 0.3 is 5.97 Å². The molecule has 0 aromatic rings. The molecule has 0 aliphatic carbocycles. The van der Waals surface area contributed by atoms with Crippen molar-refractivity contribution in [3.05, 3.63) is 0 Å². The molecular weight excluding hydrogens is 160 g/mol. The van der Waals surface area contributed by atoms with Crippen LogP contribution in [0, 0.1) is 0 Å². The third kappa shape index (κ3) is 4.60. The van der Waals surface area contributed by atoms with E-state index in [1.807, 2.05) is 6.92 Å². The van der Waals surface area contributed by atoms with Crippen molar-refractivity contribution in [2.75, 3.05) is 11.5 Å². The van der Waals surface area contributed by atoms with Gasteiger partial charge in [0.2, 0.25) is 0 Å². The Morgan fingerprint density at radius 3 is 2.78 bits per heavy atom. The molecule has 0 bridgehead atoms. The second-order valence-electron chi connectivity index (χ2n) is 1.47. The van der Waals surface area contributed by atoms with Crippen LogP contribution in [0.15, 0.2) is 0 Å². The smallest absolute Gasteiger partial charge is 0.322 e. The van der Waals surface area contributed by atoms with Crippen molar-refractivity contribution < 1.29 is 9.90 Å². The standard InChI is InChI=1S/C5H9ClO2S/c1-2-9-3-4(6)5(7)8/h4H,2-3H2,1H3,(H,7,8). The summed E-state index contributed by atoms with van der Waals surface area (Å²) < 4.78 is 0. The number of carboxylic acid groups (broad SMARTS) is 1. The summed E-state index contributed by atoms with van der Waals surface area (Å²) in [5.41, 5.74) is 0. The molecule has 0 saturated carbocycles. The van der Waals surface area contributed by atoms with Crippen molar-refractivity contribution in [3.63, 3.8) is 0 Å². The number of hydrogen-bond acceptors (Lipinski definition) is 2. The lowest BCUT2D eigenvalue weighted by molar-refractivity contribution is -0.136. The van der Waals surface area contributed by atoms with Gasteiger partial charge in [0.05, 0.1) is 0 Å². The maximum Gasteiger partial charge on any atom is 0.322 e. The normalized spacial score (nSPS) is 13.1. The summed E-state index contributed by atoms with van der Waals surface area (Å²) in [7, 11) is 0. The van der Waals surface area contributed by atoms with E-state index in [1.54, 1.807) is 0 Å². The predicted molar refractivity (Wildman–Crippen MR) is 40.3 cm³/mol. The lowest BCUT2D eigenvalue weighted by atomic mass is 10.5. The Hall–Kier alpha value is 0.110. The molecule has 0 saturated heterocycles. The van der Waals surface area contributed by atoms with Crippen molar-refractivity contribution in [2.45, 2.75) is 12.3 Å². The minimum Gasteiger partial charge on any atom is -0.480 e. The van der Waals surface area contributed by atoms with Gasteiger partial charge in [0, 0.05) is 5.75 Å². The molecule has 0 fully saturated rings. The first-order valence-corrected chi connectivity index (χ1v) is 4.22. The van der Waals surface area contributed by atoms with Crippen LogP contribution in [-0.2, 0) is 4.79 Å². The molecule has 1 atom stereocenters. The second-order valence-corrected chi connectivity index (χ2v) is 3.31. The van der Waals surface area contributed by atoms with Crippen LogP contribution in [0.5, 0.6) is 0 Å². The van der Waals surface area contributed by atoms with Gasteiger partial charge in [-0.15, -0.1) is 11.6 Å². The van der Waals surface area contributed by atoms with Crippen LogP contribution in [0.25, 0.3) is 0 Å². The Morgan fingerprint density at radius 2 is 2.44 bits per heavy atom. The average molecular weight is 169 g/mol. The van der Waals surface area contributed by atoms with E-state index in [9.17, 15) is 4.79 Å². The molecule has 0 rings (SSSR count). The van der Waals surface area contributed by atoms with E-state index in [1.165, 1.54) is 11.8 Å². The molecule has 9 heavy (non-hydrogen) atoms. The van der Waals surface area contributed by atoms with E-state index in [0.29, 0.717) is 5.75 Å². The number of carbonyl (C=O) groups is 1. The Labute approximate surface area is 63.6 Å². The first-order valence-electron chi connectivity index (χ1n) is 2.63. The van der Waals surface area contributed by atoms with Gasteiger partial charge in [-0.2, -0.15) is 11.8 Å². The molecule has 0 aromatic heterocycles. The van der Waals surface area contributed by atoms with Crippen LogP contribution in [0.4, 0.5) is 0 Å².